The van der Waals surface area contributed by atoms with Crippen LogP contribution in [0.15, 0.2) is 24.3 Å². The van der Waals surface area contributed by atoms with Crippen molar-refractivity contribution in [2.24, 2.45) is 5.41 Å². The number of carbonyl (C=O) groups excluding carboxylic acids is 1. The third kappa shape index (κ3) is 5.38. The zero-order valence-electron chi connectivity index (χ0n) is 11.9. The fourth-order valence-corrected chi connectivity index (χ4v) is 2.03. The summed E-state index contributed by atoms with van der Waals surface area (Å²) in [7, 11) is 0. The number of aliphatic carboxylic acids is 1. The number of carboxylic acids is 1. The van der Waals surface area contributed by atoms with Crippen molar-refractivity contribution in [3.63, 3.8) is 0 Å². The SMILES string of the molecule is C[C@@H](NC(=O)CC(C)(C)CC(=O)O)c1ccc(F)cc1. The van der Waals surface area contributed by atoms with E-state index in [1.807, 2.05) is 0 Å². The van der Waals surface area contributed by atoms with Crippen molar-refractivity contribution < 1.29 is 19.1 Å². The molecule has 2 N–H and O–H groups in total. The third-order valence-corrected chi connectivity index (χ3v) is 3.02. The summed E-state index contributed by atoms with van der Waals surface area (Å²) < 4.78 is 12.8. The molecule has 0 aromatic heterocycles. The first-order valence-electron chi connectivity index (χ1n) is 6.46. The molecule has 0 aliphatic rings. The second-order valence-corrected chi connectivity index (χ2v) is 5.75. The molecule has 0 bridgehead atoms. The minimum absolute atomic E-state index is 0.0641. The average molecular weight is 281 g/mol. The van der Waals surface area contributed by atoms with Crippen molar-refractivity contribution in [2.45, 2.75) is 39.7 Å². The molecule has 5 heteroatoms. The molecule has 0 heterocycles. The molecule has 1 atom stereocenters. The van der Waals surface area contributed by atoms with Crippen molar-refractivity contribution >= 4 is 11.9 Å². The Balaban J connectivity index is 2.57. The first-order chi connectivity index (χ1) is 9.19. The number of amides is 1. The quantitative estimate of drug-likeness (QED) is 0.842. The summed E-state index contributed by atoms with van der Waals surface area (Å²) in [4.78, 5) is 22.6. The third-order valence-electron chi connectivity index (χ3n) is 3.02. The summed E-state index contributed by atoms with van der Waals surface area (Å²) in [5.41, 5.74) is 0.203. The number of rotatable bonds is 6. The molecule has 1 rings (SSSR count). The van der Waals surface area contributed by atoms with Gasteiger partial charge in [0.15, 0.2) is 0 Å². The van der Waals surface area contributed by atoms with Gasteiger partial charge in [0, 0.05) is 6.42 Å². The molecule has 110 valence electrons. The number of hydrogen-bond acceptors (Lipinski definition) is 2. The van der Waals surface area contributed by atoms with E-state index in [9.17, 15) is 14.0 Å². The van der Waals surface area contributed by atoms with Gasteiger partial charge in [0.25, 0.3) is 0 Å². The van der Waals surface area contributed by atoms with Crippen LogP contribution in [0.4, 0.5) is 4.39 Å². The Morgan fingerprint density at radius 2 is 1.80 bits per heavy atom. The van der Waals surface area contributed by atoms with Crippen molar-refractivity contribution in [1.82, 2.24) is 5.32 Å². The van der Waals surface area contributed by atoms with Crippen LogP contribution >= 0.6 is 0 Å². The second-order valence-electron chi connectivity index (χ2n) is 5.75. The number of hydrogen-bond donors (Lipinski definition) is 2. The maximum Gasteiger partial charge on any atom is 0.303 e. The molecule has 1 aromatic carbocycles. The molecule has 0 saturated carbocycles. The second kappa shape index (κ2) is 6.50. The highest BCUT2D eigenvalue weighted by molar-refractivity contribution is 5.78. The zero-order chi connectivity index (χ0) is 15.3. The van der Waals surface area contributed by atoms with E-state index in [-0.39, 0.29) is 30.6 Å². The predicted molar refractivity (Wildman–Crippen MR) is 73.6 cm³/mol. The molecule has 0 radical (unpaired) electrons. The van der Waals surface area contributed by atoms with Crippen LogP contribution < -0.4 is 5.32 Å². The van der Waals surface area contributed by atoms with Gasteiger partial charge in [-0.2, -0.15) is 0 Å². The fourth-order valence-electron chi connectivity index (χ4n) is 2.03. The largest absolute Gasteiger partial charge is 0.481 e. The lowest BCUT2D eigenvalue weighted by atomic mass is 9.85. The summed E-state index contributed by atoms with van der Waals surface area (Å²) in [5, 5.41) is 11.6. The molecule has 0 aliphatic carbocycles. The van der Waals surface area contributed by atoms with Crippen molar-refractivity contribution in [3.05, 3.63) is 35.6 Å². The summed E-state index contributed by atoms with van der Waals surface area (Å²) in [6.45, 7) is 5.28. The standard InChI is InChI=1S/C15H20FNO3/c1-10(11-4-6-12(16)7-5-11)17-13(18)8-15(2,3)9-14(19)20/h4-7,10H,8-9H2,1-3H3,(H,17,18)(H,19,20)/t10-/m1/s1. The van der Waals surface area contributed by atoms with E-state index in [1.165, 1.54) is 12.1 Å². The predicted octanol–water partition coefficient (Wildman–Crippen LogP) is 2.89. The highest BCUT2D eigenvalue weighted by atomic mass is 19.1. The van der Waals surface area contributed by atoms with E-state index in [2.05, 4.69) is 5.32 Å². The van der Waals surface area contributed by atoms with Gasteiger partial charge in [-0.05, 0) is 30.0 Å². The van der Waals surface area contributed by atoms with E-state index in [4.69, 9.17) is 5.11 Å². The Bertz CT molecular complexity index is 482. The van der Waals surface area contributed by atoms with E-state index < -0.39 is 11.4 Å². The summed E-state index contributed by atoms with van der Waals surface area (Å²) in [6, 6.07) is 5.66. The monoisotopic (exact) mass is 281 g/mol. The number of halogens is 1. The van der Waals surface area contributed by atoms with Crippen LogP contribution in [0.25, 0.3) is 0 Å². The molecule has 4 nitrogen and oxygen atoms in total. The number of carboxylic acid groups (broad SMARTS) is 1. The van der Waals surface area contributed by atoms with Gasteiger partial charge in [-0.1, -0.05) is 26.0 Å². The van der Waals surface area contributed by atoms with Crippen LogP contribution in [0.1, 0.15) is 45.2 Å². The smallest absolute Gasteiger partial charge is 0.303 e. The minimum Gasteiger partial charge on any atom is -0.481 e. The lowest BCUT2D eigenvalue weighted by Gasteiger charge is -2.23. The lowest BCUT2D eigenvalue weighted by molar-refractivity contribution is -0.139. The van der Waals surface area contributed by atoms with Crippen LogP contribution in [-0.2, 0) is 9.59 Å². The molecule has 0 unspecified atom stereocenters. The average Bonchev–Trinajstić information content (AvgIpc) is 2.26. The maximum atomic E-state index is 12.8. The number of nitrogens with one attached hydrogen (secondary N) is 1. The van der Waals surface area contributed by atoms with Gasteiger partial charge in [-0.3, -0.25) is 9.59 Å². The van der Waals surface area contributed by atoms with Crippen LogP contribution in [-0.4, -0.2) is 17.0 Å². The van der Waals surface area contributed by atoms with Crippen LogP contribution in [0, 0.1) is 11.2 Å². The molecular formula is C15H20FNO3. The summed E-state index contributed by atoms with van der Waals surface area (Å²) in [5.74, 6) is -1.46. The molecule has 20 heavy (non-hydrogen) atoms. The van der Waals surface area contributed by atoms with Crippen molar-refractivity contribution in [2.75, 3.05) is 0 Å². The molecule has 0 saturated heterocycles. The number of benzene rings is 1. The molecule has 0 aliphatic heterocycles. The zero-order valence-corrected chi connectivity index (χ0v) is 11.9. The van der Waals surface area contributed by atoms with Crippen molar-refractivity contribution in [1.29, 1.82) is 0 Å². The normalized spacial score (nSPS) is 12.8. The minimum atomic E-state index is -0.922. The Kier molecular flexibility index (Phi) is 5.25. The van der Waals surface area contributed by atoms with E-state index in [0.717, 1.165) is 5.56 Å². The van der Waals surface area contributed by atoms with Gasteiger partial charge in [-0.25, -0.2) is 4.39 Å². The van der Waals surface area contributed by atoms with Crippen LogP contribution in [0.2, 0.25) is 0 Å². The Labute approximate surface area is 118 Å². The van der Waals surface area contributed by atoms with Gasteiger partial charge < -0.3 is 10.4 Å². The Morgan fingerprint density at radius 3 is 2.30 bits per heavy atom. The molecule has 1 amide bonds. The molecule has 0 spiro atoms. The summed E-state index contributed by atoms with van der Waals surface area (Å²) in [6.07, 6.45) is 0.0657. The maximum absolute atomic E-state index is 12.8. The van der Waals surface area contributed by atoms with Gasteiger partial charge in [0.05, 0.1) is 12.5 Å². The van der Waals surface area contributed by atoms with Gasteiger partial charge in [0.2, 0.25) is 5.91 Å². The van der Waals surface area contributed by atoms with Crippen molar-refractivity contribution in [3.8, 4) is 0 Å². The van der Waals surface area contributed by atoms with Gasteiger partial charge >= 0.3 is 5.97 Å². The molecular weight excluding hydrogens is 261 g/mol. The van der Waals surface area contributed by atoms with E-state index in [1.54, 1.807) is 32.9 Å². The lowest BCUT2D eigenvalue weighted by Crippen LogP contribution is -2.31. The first kappa shape index (κ1) is 16.1. The fraction of sp³-hybridized carbons (Fsp3) is 0.467. The summed E-state index contributed by atoms with van der Waals surface area (Å²) >= 11 is 0. The Morgan fingerprint density at radius 1 is 1.25 bits per heavy atom. The van der Waals surface area contributed by atoms with Crippen LogP contribution in [0.5, 0.6) is 0 Å². The number of carbonyl (C=O) groups is 2. The van der Waals surface area contributed by atoms with Crippen LogP contribution in [0.3, 0.4) is 0 Å². The highest BCUT2D eigenvalue weighted by Gasteiger charge is 2.25. The molecule has 0 fully saturated rings. The van der Waals surface area contributed by atoms with Gasteiger partial charge in [0.1, 0.15) is 5.82 Å². The Hall–Kier alpha value is -1.91. The van der Waals surface area contributed by atoms with E-state index in [0.29, 0.717) is 0 Å². The molecule has 1 aromatic rings. The topological polar surface area (TPSA) is 66.4 Å². The van der Waals surface area contributed by atoms with E-state index >= 15 is 0 Å². The first-order valence-corrected chi connectivity index (χ1v) is 6.46. The van der Waals surface area contributed by atoms with Gasteiger partial charge in [-0.15, -0.1) is 0 Å². The highest BCUT2D eigenvalue weighted by Crippen LogP contribution is 2.25.